The van der Waals surface area contributed by atoms with Gasteiger partial charge in [0.15, 0.2) is 5.69 Å². The standard InChI is InChI=1S/C10H6BrN3O4/c11-6-1-2-8(9(3-6)14(17)18)13-4-7(10(15)16)12-5-13/h1-5H,(H,15,16). The van der Waals surface area contributed by atoms with Gasteiger partial charge in [0.25, 0.3) is 5.69 Å². The second-order valence-electron chi connectivity index (χ2n) is 3.36. The summed E-state index contributed by atoms with van der Waals surface area (Å²) in [5.74, 6) is -1.19. The van der Waals surface area contributed by atoms with E-state index in [4.69, 9.17) is 5.11 Å². The Hall–Kier alpha value is -2.22. The quantitative estimate of drug-likeness (QED) is 0.692. The molecule has 0 amide bonds. The fourth-order valence-corrected chi connectivity index (χ4v) is 1.78. The lowest BCUT2D eigenvalue weighted by molar-refractivity contribution is -0.384. The maximum absolute atomic E-state index is 10.9. The van der Waals surface area contributed by atoms with Crippen molar-refractivity contribution in [2.45, 2.75) is 0 Å². The minimum absolute atomic E-state index is 0.140. The molecular weight excluding hydrogens is 306 g/mol. The van der Waals surface area contributed by atoms with E-state index in [-0.39, 0.29) is 17.1 Å². The van der Waals surface area contributed by atoms with Crippen LogP contribution in [0.2, 0.25) is 0 Å². The first-order valence-corrected chi connectivity index (χ1v) is 5.50. The van der Waals surface area contributed by atoms with Crippen molar-refractivity contribution in [3.05, 3.63) is 51.0 Å². The van der Waals surface area contributed by atoms with E-state index < -0.39 is 10.9 Å². The number of hydrogen-bond acceptors (Lipinski definition) is 4. The average Bonchev–Trinajstić information content (AvgIpc) is 2.78. The minimum Gasteiger partial charge on any atom is -0.476 e. The highest BCUT2D eigenvalue weighted by Gasteiger charge is 2.17. The summed E-state index contributed by atoms with van der Waals surface area (Å²) in [7, 11) is 0. The molecule has 2 aromatic rings. The topological polar surface area (TPSA) is 98.3 Å². The maximum Gasteiger partial charge on any atom is 0.356 e. The van der Waals surface area contributed by atoms with E-state index in [1.54, 1.807) is 6.07 Å². The molecule has 0 saturated carbocycles. The van der Waals surface area contributed by atoms with Gasteiger partial charge in [-0.3, -0.25) is 14.7 Å². The number of hydrogen-bond donors (Lipinski definition) is 1. The van der Waals surface area contributed by atoms with Gasteiger partial charge in [-0.1, -0.05) is 15.9 Å². The lowest BCUT2D eigenvalue weighted by Gasteiger charge is -2.03. The molecule has 0 atom stereocenters. The number of benzene rings is 1. The third kappa shape index (κ3) is 2.23. The van der Waals surface area contributed by atoms with Crippen molar-refractivity contribution in [2.75, 3.05) is 0 Å². The summed E-state index contributed by atoms with van der Waals surface area (Å²) in [4.78, 5) is 24.7. The monoisotopic (exact) mass is 311 g/mol. The molecule has 1 aromatic heterocycles. The summed E-state index contributed by atoms with van der Waals surface area (Å²) in [6, 6.07) is 4.48. The average molecular weight is 312 g/mol. The Morgan fingerprint density at radius 1 is 1.50 bits per heavy atom. The minimum atomic E-state index is -1.19. The second kappa shape index (κ2) is 4.57. The molecule has 0 bridgehead atoms. The van der Waals surface area contributed by atoms with E-state index in [2.05, 4.69) is 20.9 Å². The fraction of sp³-hybridized carbons (Fsp3) is 0. The number of imidazole rings is 1. The van der Waals surface area contributed by atoms with E-state index >= 15 is 0 Å². The van der Waals surface area contributed by atoms with Crippen molar-refractivity contribution >= 4 is 27.6 Å². The molecule has 1 N–H and O–H groups in total. The first-order valence-electron chi connectivity index (χ1n) is 4.70. The number of aromatic carboxylic acids is 1. The molecule has 0 aliphatic heterocycles. The van der Waals surface area contributed by atoms with Crippen LogP contribution in [0.5, 0.6) is 0 Å². The zero-order valence-electron chi connectivity index (χ0n) is 8.78. The highest BCUT2D eigenvalue weighted by molar-refractivity contribution is 9.10. The van der Waals surface area contributed by atoms with E-state index in [9.17, 15) is 14.9 Å². The van der Waals surface area contributed by atoms with E-state index in [1.807, 2.05) is 0 Å². The highest BCUT2D eigenvalue weighted by Crippen LogP contribution is 2.26. The van der Waals surface area contributed by atoms with Gasteiger partial charge in [-0.05, 0) is 12.1 Å². The molecule has 18 heavy (non-hydrogen) atoms. The van der Waals surface area contributed by atoms with Gasteiger partial charge < -0.3 is 5.11 Å². The first kappa shape index (κ1) is 12.2. The molecule has 92 valence electrons. The largest absolute Gasteiger partial charge is 0.476 e. The van der Waals surface area contributed by atoms with Crippen LogP contribution in [0.25, 0.3) is 5.69 Å². The summed E-state index contributed by atoms with van der Waals surface area (Å²) >= 11 is 3.14. The van der Waals surface area contributed by atoms with Crippen molar-refractivity contribution in [1.82, 2.24) is 9.55 Å². The smallest absolute Gasteiger partial charge is 0.356 e. The van der Waals surface area contributed by atoms with Gasteiger partial charge >= 0.3 is 5.97 Å². The molecule has 0 spiro atoms. The number of aromatic nitrogens is 2. The normalized spacial score (nSPS) is 10.3. The van der Waals surface area contributed by atoms with Crippen LogP contribution in [0, 0.1) is 10.1 Å². The Labute approximate surface area is 109 Å². The molecule has 0 aliphatic carbocycles. The Kier molecular flexibility index (Phi) is 3.11. The summed E-state index contributed by atoms with van der Waals surface area (Å²) in [6.07, 6.45) is 2.44. The molecule has 0 unspecified atom stereocenters. The summed E-state index contributed by atoms with van der Waals surface area (Å²) < 4.78 is 1.87. The zero-order valence-corrected chi connectivity index (χ0v) is 10.4. The Morgan fingerprint density at radius 3 is 2.78 bits per heavy atom. The van der Waals surface area contributed by atoms with Crippen molar-refractivity contribution in [3.8, 4) is 5.69 Å². The number of nitrogens with zero attached hydrogens (tertiary/aromatic N) is 3. The Balaban J connectivity index is 2.55. The van der Waals surface area contributed by atoms with Gasteiger partial charge in [-0.15, -0.1) is 0 Å². The van der Waals surface area contributed by atoms with Gasteiger partial charge in [0.05, 0.1) is 4.92 Å². The molecule has 0 saturated heterocycles. The summed E-state index contributed by atoms with van der Waals surface area (Å²) in [5, 5.41) is 19.7. The van der Waals surface area contributed by atoms with E-state index in [0.717, 1.165) is 0 Å². The Morgan fingerprint density at radius 2 is 2.22 bits per heavy atom. The van der Waals surface area contributed by atoms with Crippen molar-refractivity contribution in [2.24, 2.45) is 0 Å². The van der Waals surface area contributed by atoms with Gasteiger partial charge in [0, 0.05) is 16.7 Å². The summed E-state index contributed by atoms with van der Waals surface area (Å²) in [6.45, 7) is 0. The molecule has 0 fully saturated rings. The van der Waals surface area contributed by atoms with Gasteiger partial charge in [-0.25, -0.2) is 9.78 Å². The fourth-order valence-electron chi connectivity index (χ4n) is 1.43. The van der Waals surface area contributed by atoms with Crippen LogP contribution in [-0.2, 0) is 0 Å². The molecule has 1 aromatic carbocycles. The molecule has 1 heterocycles. The van der Waals surface area contributed by atoms with Crippen LogP contribution in [0.15, 0.2) is 35.2 Å². The molecule has 8 heteroatoms. The SMILES string of the molecule is O=C(O)c1cn(-c2ccc(Br)cc2[N+](=O)[O-])cn1. The number of carbonyl (C=O) groups is 1. The van der Waals surface area contributed by atoms with E-state index in [0.29, 0.717) is 4.47 Å². The number of nitro groups is 1. The number of nitro benzene ring substituents is 1. The van der Waals surface area contributed by atoms with Crippen LogP contribution in [0.3, 0.4) is 0 Å². The molecule has 0 aliphatic rings. The van der Waals surface area contributed by atoms with Gasteiger partial charge in [0.1, 0.15) is 12.0 Å². The number of carboxylic acid groups (broad SMARTS) is 1. The highest BCUT2D eigenvalue weighted by atomic mass is 79.9. The molecule has 2 rings (SSSR count). The van der Waals surface area contributed by atoms with Gasteiger partial charge in [-0.2, -0.15) is 0 Å². The van der Waals surface area contributed by atoms with Crippen molar-refractivity contribution in [3.63, 3.8) is 0 Å². The number of rotatable bonds is 3. The lowest BCUT2D eigenvalue weighted by atomic mass is 10.2. The van der Waals surface area contributed by atoms with Crippen LogP contribution in [0.1, 0.15) is 10.5 Å². The molecular formula is C10H6BrN3O4. The van der Waals surface area contributed by atoms with Crippen LogP contribution in [0.4, 0.5) is 5.69 Å². The van der Waals surface area contributed by atoms with Crippen molar-refractivity contribution < 1.29 is 14.8 Å². The molecule has 7 nitrogen and oxygen atoms in total. The maximum atomic E-state index is 10.9. The predicted molar refractivity (Wildman–Crippen MR) is 64.9 cm³/mol. The van der Waals surface area contributed by atoms with Crippen molar-refractivity contribution in [1.29, 1.82) is 0 Å². The lowest BCUT2D eigenvalue weighted by Crippen LogP contribution is -1.99. The van der Waals surface area contributed by atoms with Crippen LogP contribution >= 0.6 is 15.9 Å². The zero-order chi connectivity index (χ0) is 13.3. The first-order chi connectivity index (χ1) is 8.49. The van der Waals surface area contributed by atoms with Gasteiger partial charge in [0.2, 0.25) is 0 Å². The third-order valence-corrected chi connectivity index (χ3v) is 2.71. The van der Waals surface area contributed by atoms with Crippen LogP contribution in [-0.4, -0.2) is 25.6 Å². The third-order valence-electron chi connectivity index (χ3n) is 2.21. The predicted octanol–water partition coefficient (Wildman–Crippen LogP) is 2.24. The van der Waals surface area contributed by atoms with Crippen LogP contribution < -0.4 is 0 Å². The summed E-state index contributed by atoms with van der Waals surface area (Å²) in [5.41, 5.74) is -0.0610. The molecule has 0 radical (unpaired) electrons. The number of halogens is 1. The number of carboxylic acids is 1. The second-order valence-corrected chi connectivity index (χ2v) is 4.28. The Bertz CT molecular complexity index is 638. The van der Waals surface area contributed by atoms with E-state index in [1.165, 1.54) is 29.2 Å².